The molecule has 0 saturated heterocycles. The summed E-state index contributed by atoms with van der Waals surface area (Å²) in [5.41, 5.74) is 1.72. The van der Waals surface area contributed by atoms with E-state index in [1.807, 2.05) is 22.8 Å². The molecule has 7 heteroatoms. The van der Waals surface area contributed by atoms with Crippen molar-refractivity contribution in [1.29, 1.82) is 0 Å². The van der Waals surface area contributed by atoms with Gasteiger partial charge in [-0.2, -0.15) is 0 Å². The van der Waals surface area contributed by atoms with E-state index >= 15 is 0 Å². The van der Waals surface area contributed by atoms with Gasteiger partial charge in [-0.15, -0.1) is 11.3 Å². The Kier molecular flexibility index (Phi) is 3.23. The lowest BCUT2D eigenvalue weighted by atomic mass is 10.3. The SMILES string of the molecule is COC(=O)c1sc(-n2cnc3ccc(Br)cc32)cc1O. The third-order valence-electron chi connectivity index (χ3n) is 2.82. The average Bonchev–Trinajstić information content (AvgIpc) is 3.01. The lowest BCUT2D eigenvalue weighted by molar-refractivity contribution is 0.0603. The summed E-state index contributed by atoms with van der Waals surface area (Å²) in [5, 5.41) is 10.5. The van der Waals surface area contributed by atoms with Gasteiger partial charge in [0.15, 0.2) is 4.88 Å². The number of fused-ring (bicyclic) bond motifs is 1. The molecule has 20 heavy (non-hydrogen) atoms. The summed E-state index contributed by atoms with van der Waals surface area (Å²) in [6, 6.07) is 7.26. The number of aromatic nitrogens is 2. The third-order valence-corrected chi connectivity index (χ3v) is 4.41. The van der Waals surface area contributed by atoms with Crippen LogP contribution in [-0.2, 0) is 4.74 Å². The molecule has 1 N–H and O–H groups in total. The van der Waals surface area contributed by atoms with Crippen LogP contribution < -0.4 is 0 Å². The molecular weight excluding hydrogens is 344 g/mol. The first kappa shape index (κ1) is 13.1. The highest BCUT2D eigenvalue weighted by Gasteiger charge is 2.18. The topological polar surface area (TPSA) is 64.4 Å². The summed E-state index contributed by atoms with van der Waals surface area (Å²) >= 11 is 4.57. The van der Waals surface area contributed by atoms with Crippen LogP contribution in [0.4, 0.5) is 0 Å². The summed E-state index contributed by atoms with van der Waals surface area (Å²) in [6.07, 6.45) is 1.66. The molecule has 0 fully saturated rings. The van der Waals surface area contributed by atoms with E-state index in [0.717, 1.165) is 26.8 Å². The quantitative estimate of drug-likeness (QED) is 0.718. The molecule has 3 rings (SSSR count). The first-order chi connectivity index (χ1) is 9.60. The van der Waals surface area contributed by atoms with E-state index in [4.69, 9.17) is 0 Å². The second kappa shape index (κ2) is 4.92. The number of carbonyl (C=O) groups excluding carboxylic acids is 1. The van der Waals surface area contributed by atoms with Crippen LogP contribution in [0.25, 0.3) is 16.0 Å². The van der Waals surface area contributed by atoms with Crippen molar-refractivity contribution in [3.63, 3.8) is 0 Å². The maximum Gasteiger partial charge on any atom is 0.351 e. The van der Waals surface area contributed by atoms with Crippen molar-refractivity contribution in [1.82, 2.24) is 9.55 Å². The van der Waals surface area contributed by atoms with Crippen LogP contribution in [0.1, 0.15) is 9.67 Å². The minimum atomic E-state index is -0.552. The number of methoxy groups -OCH3 is 1. The Bertz CT molecular complexity index is 809. The van der Waals surface area contributed by atoms with Crippen LogP contribution in [-0.4, -0.2) is 27.7 Å². The molecule has 0 radical (unpaired) electrons. The van der Waals surface area contributed by atoms with Gasteiger partial charge in [-0.1, -0.05) is 15.9 Å². The number of carbonyl (C=O) groups is 1. The Morgan fingerprint density at radius 1 is 1.45 bits per heavy atom. The molecule has 0 aliphatic heterocycles. The molecule has 0 amide bonds. The zero-order valence-electron chi connectivity index (χ0n) is 10.3. The normalized spacial score (nSPS) is 10.9. The smallest absolute Gasteiger partial charge is 0.351 e. The number of esters is 1. The fourth-order valence-electron chi connectivity index (χ4n) is 1.88. The number of halogens is 1. The zero-order chi connectivity index (χ0) is 14.3. The largest absolute Gasteiger partial charge is 0.506 e. The van der Waals surface area contributed by atoms with E-state index in [0.29, 0.717) is 5.00 Å². The van der Waals surface area contributed by atoms with Crippen LogP contribution in [0.15, 0.2) is 35.1 Å². The minimum absolute atomic E-state index is 0.0892. The number of nitrogens with zero attached hydrogens (tertiary/aromatic N) is 2. The van der Waals surface area contributed by atoms with Gasteiger partial charge in [-0.05, 0) is 18.2 Å². The first-order valence-corrected chi connectivity index (χ1v) is 7.25. The van der Waals surface area contributed by atoms with E-state index in [9.17, 15) is 9.90 Å². The van der Waals surface area contributed by atoms with Gasteiger partial charge in [0.2, 0.25) is 0 Å². The number of hydrogen-bond donors (Lipinski definition) is 1. The van der Waals surface area contributed by atoms with Crippen LogP contribution in [0.2, 0.25) is 0 Å². The number of rotatable bonds is 2. The fourth-order valence-corrected chi connectivity index (χ4v) is 3.19. The van der Waals surface area contributed by atoms with Gasteiger partial charge >= 0.3 is 5.97 Å². The summed E-state index contributed by atoms with van der Waals surface area (Å²) in [4.78, 5) is 16.0. The van der Waals surface area contributed by atoms with E-state index in [2.05, 4.69) is 25.7 Å². The second-order valence-corrected chi connectivity index (χ2v) is 5.98. The summed E-state index contributed by atoms with van der Waals surface area (Å²) in [6.45, 7) is 0. The van der Waals surface area contributed by atoms with Crippen LogP contribution >= 0.6 is 27.3 Å². The zero-order valence-corrected chi connectivity index (χ0v) is 12.7. The lowest BCUT2D eigenvalue weighted by Gasteiger charge is -2.00. The monoisotopic (exact) mass is 352 g/mol. The molecule has 0 aliphatic rings. The molecule has 0 bridgehead atoms. The van der Waals surface area contributed by atoms with E-state index in [1.165, 1.54) is 13.2 Å². The predicted octanol–water partition coefficient (Wildman–Crippen LogP) is 3.34. The standard InChI is InChI=1S/C13H9BrN2O3S/c1-19-13(18)12-10(17)5-11(20-12)16-6-15-8-3-2-7(14)4-9(8)16/h2-6,17H,1H3. The average molecular weight is 353 g/mol. The number of ether oxygens (including phenoxy) is 1. The van der Waals surface area contributed by atoms with Gasteiger partial charge in [0.25, 0.3) is 0 Å². The Labute approximate surface area is 126 Å². The molecule has 102 valence electrons. The van der Waals surface area contributed by atoms with E-state index in [-0.39, 0.29) is 10.6 Å². The highest BCUT2D eigenvalue weighted by molar-refractivity contribution is 9.10. The second-order valence-electron chi connectivity index (χ2n) is 4.04. The highest BCUT2D eigenvalue weighted by Crippen LogP contribution is 2.33. The van der Waals surface area contributed by atoms with Gasteiger partial charge in [0, 0.05) is 10.5 Å². The van der Waals surface area contributed by atoms with Crippen molar-refractivity contribution in [3.05, 3.63) is 39.9 Å². The Hall–Kier alpha value is -1.86. The Morgan fingerprint density at radius 2 is 2.25 bits per heavy atom. The summed E-state index contributed by atoms with van der Waals surface area (Å²) < 4.78 is 7.38. The van der Waals surface area contributed by atoms with Crippen LogP contribution in [0.5, 0.6) is 5.75 Å². The van der Waals surface area contributed by atoms with Crippen molar-refractivity contribution in [3.8, 4) is 10.8 Å². The maximum atomic E-state index is 11.5. The highest BCUT2D eigenvalue weighted by atomic mass is 79.9. The molecular formula is C13H9BrN2O3S. The molecule has 3 aromatic rings. The van der Waals surface area contributed by atoms with Gasteiger partial charge in [0.05, 0.1) is 18.1 Å². The number of thiophene rings is 1. The molecule has 0 aliphatic carbocycles. The molecule has 5 nitrogen and oxygen atoms in total. The first-order valence-electron chi connectivity index (χ1n) is 5.64. The molecule has 0 unspecified atom stereocenters. The minimum Gasteiger partial charge on any atom is -0.506 e. The summed E-state index contributed by atoms with van der Waals surface area (Å²) in [5.74, 6) is -0.641. The molecule has 0 spiro atoms. The van der Waals surface area contributed by atoms with E-state index < -0.39 is 5.97 Å². The lowest BCUT2D eigenvalue weighted by Crippen LogP contribution is -1.97. The molecule has 0 atom stereocenters. The van der Waals surface area contributed by atoms with Crippen molar-refractivity contribution in [2.24, 2.45) is 0 Å². The number of aromatic hydroxyl groups is 1. The van der Waals surface area contributed by atoms with Crippen molar-refractivity contribution in [2.75, 3.05) is 7.11 Å². The molecule has 0 saturated carbocycles. The van der Waals surface area contributed by atoms with Crippen LogP contribution in [0.3, 0.4) is 0 Å². The van der Waals surface area contributed by atoms with Crippen LogP contribution in [0, 0.1) is 0 Å². The van der Waals surface area contributed by atoms with Crippen molar-refractivity contribution >= 4 is 44.3 Å². The van der Waals surface area contributed by atoms with E-state index in [1.54, 1.807) is 6.33 Å². The van der Waals surface area contributed by atoms with Gasteiger partial charge in [-0.3, -0.25) is 4.57 Å². The van der Waals surface area contributed by atoms with Gasteiger partial charge in [0.1, 0.15) is 17.1 Å². The van der Waals surface area contributed by atoms with Crippen molar-refractivity contribution < 1.29 is 14.6 Å². The van der Waals surface area contributed by atoms with Gasteiger partial charge in [-0.25, -0.2) is 9.78 Å². The Balaban J connectivity index is 2.16. The number of hydrogen-bond acceptors (Lipinski definition) is 5. The molecule has 2 aromatic heterocycles. The third kappa shape index (κ3) is 2.08. The van der Waals surface area contributed by atoms with Crippen molar-refractivity contribution in [2.45, 2.75) is 0 Å². The van der Waals surface area contributed by atoms with Gasteiger partial charge < -0.3 is 9.84 Å². The number of benzene rings is 1. The summed E-state index contributed by atoms with van der Waals surface area (Å²) in [7, 11) is 1.28. The Morgan fingerprint density at radius 3 is 3.00 bits per heavy atom. The number of imidazole rings is 1. The fraction of sp³-hybridized carbons (Fsp3) is 0.0769. The predicted molar refractivity (Wildman–Crippen MR) is 79.7 cm³/mol. The molecule has 1 aromatic carbocycles. The molecule has 2 heterocycles. The maximum absolute atomic E-state index is 11.5.